The second kappa shape index (κ2) is 5.66. The van der Waals surface area contributed by atoms with Crippen LogP contribution in [0.15, 0.2) is 35.2 Å². The summed E-state index contributed by atoms with van der Waals surface area (Å²) in [4.78, 5) is 6.84. The number of nitrogens with one attached hydrogen (secondary N) is 1. The molecule has 114 valence electrons. The molecule has 5 nitrogen and oxygen atoms in total. The first-order valence-corrected chi connectivity index (χ1v) is 7.54. The summed E-state index contributed by atoms with van der Waals surface area (Å²) in [6.45, 7) is 0.943. The topological polar surface area (TPSA) is 46.2 Å². The molecule has 1 fully saturated rings. The second-order valence-corrected chi connectivity index (χ2v) is 6.20. The van der Waals surface area contributed by atoms with Crippen molar-refractivity contribution in [2.45, 2.75) is 30.8 Å². The average molecular weight is 288 g/mol. The number of aromatic nitrogens is 2. The van der Waals surface area contributed by atoms with Gasteiger partial charge in [-0.2, -0.15) is 0 Å². The van der Waals surface area contributed by atoms with Gasteiger partial charge < -0.3 is 13.9 Å². The van der Waals surface area contributed by atoms with Crippen molar-refractivity contribution < 1.29 is 4.42 Å². The molecule has 1 N–H and O–H groups in total. The number of hydrogen-bond donors (Lipinski definition) is 1. The molecular formula is C16H24N4O. The number of aryl methyl sites for hydroxylation is 1. The summed E-state index contributed by atoms with van der Waals surface area (Å²) < 4.78 is 7.67. The van der Waals surface area contributed by atoms with Gasteiger partial charge in [-0.3, -0.25) is 5.32 Å². The lowest BCUT2D eigenvalue weighted by Gasteiger charge is -2.48. The zero-order chi connectivity index (χ0) is 14.9. The Morgan fingerprint density at radius 1 is 1.48 bits per heavy atom. The van der Waals surface area contributed by atoms with E-state index in [1.165, 1.54) is 19.3 Å². The highest BCUT2D eigenvalue weighted by molar-refractivity contribution is 5.16. The first-order chi connectivity index (χ1) is 10.1. The Hall–Kier alpha value is -1.59. The molecular weight excluding hydrogens is 264 g/mol. The van der Waals surface area contributed by atoms with Crippen molar-refractivity contribution in [1.82, 2.24) is 19.8 Å². The predicted octanol–water partition coefficient (Wildman–Crippen LogP) is 2.18. The second-order valence-electron chi connectivity index (χ2n) is 6.20. The lowest BCUT2D eigenvalue weighted by molar-refractivity contribution is 0.0573. The third-order valence-corrected chi connectivity index (χ3v) is 4.81. The van der Waals surface area contributed by atoms with Crippen LogP contribution in [-0.2, 0) is 7.05 Å². The van der Waals surface area contributed by atoms with Crippen molar-refractivity contribution in [2.24, 2.45) is 7.05 Å². The van der Waals surface area contributed by atoms with Gasteiger partial charge in [0, 0.05) is 31.5 Å². The van der Waals surface area contributed by atoms with Crippen LogP contribution < -0.4 is 5.32 Å². The Bertz CT molecular complexity index is 569. The number of furan rings is 1. The Balaban J connectivity index is 1.79. The summed E-state index contributed by atoms with van der Waals surface area (Å²) in [6.07, 6.45) is 9.33. The Kier molecular flexibility index (Phi) is 3.87. The number of rotatable bonds is 6. The SMILES string of the molecule is CN(C)C1(CNC(c2ccco2)c2nccn2C)CCC1. The standard InChI is InChI=1S/C16H24N4O/c1-19(2)16(7-5-8-16)12-18-14(13-6-4-11-21-13)15-17-9-10-20(15)3/h4,6,9-11,14,18H,5,7-8,12H2,1-3H3. The summed E-state index contributed by atoms with van der Waals surface area (Å²) in [5.41, 5.74) is 0.274. The Labute approximate surface area is 126 Å². The van der Waals surface area contributed by atoms with Crippen LogP contribution in [0.25, 0.3) is 0 Å². The molecule has 0 radical (unpaired) electrons. The number of hydrogen-bond acceptors (Lipinski definition) is 4. The molecule has 0 aliphatic heterocycles. The minimum Gasteiger partial charge on any atom is -0.467 e. The molecule has 5 heteroatoms. The normalized spacial score (nSPS) is 18.7. The number of nitrogens with zero attached hydrogens (tertiary/aromatic N) is 3. The van der Waals surface area contributed by atoms with Crippen molar-refractivity contribution in [3.05, 3.63) is 42.4 Å². The smallest absolute Gasteiger partial charge is 0.133 e. The van der Waals surface area contributed by atoms with Gasteiger partial charge in [0.05, 0.1) is 6.26 Å². The van der Waals surface area contributed by atoms with Gasteiger partial charge in [-0.1, -0.05) is 0 Å². The van der Waals surface area contributed by atoms with E-state index in [9.17, 15) is 0 Å². The summed E-state index contributed by atoms with van der Waals surface area (Å²) in [5.74, 6) is 1.90. The molecule has 0 bridgehead atoms. The van der Waals surface area contributed by atoms with Crippen molar-refractivity contribution in [3.63, 3.8) is 0 Å². The quantitative estimate of drug-likeness (QED) is 0.885. The minimum atomic E-state index is -0.00238. The zero-order valence-electron chi connectivity index (χ0n) is 13.0. The highest BCUT2D eigenvalue weighted by atomic mass is 16.3. The maximum atomic E-state index is 5.62. The molecule has 2 heterocycles. The maximum Gasteiger partial charge on any atom is 0.133 e. The first-order valence-electron chi connectivity index (χ1n) is 7.54. The van der Waals surface area contributed by atoms with Gasteiger partial charge in [0.25, 0.3) is 0 Å². The van der Waals surface area contributed by atoms with Crippen LogP contribution in [0.4, 0.5) is 0 Å². The monoisotopic (exact) mass is 288 g/mol. The largest absolute Gasteiger partial charge is 0.467 e. The lowest BCUT2D eigenvalue weighted by atomic mass is 9.75. The van der Waals surface area contributed by atoms with Gasteiger partial charge in [-0.15, -0.1) is 0 Å². The molecule has 2 aromatic rings. The number of likely N-dealkylation sites (N-methyl/N-ethyl adjacent to an activating group) is 1. The van der Waals surface area contributed by atoms with Crippen LogP contribution in [0.5, 0.6) is 0 Å². The molecule has 1 aliphatic carbocycles. The van der Waals surface area contributed by atoms with E-state index >= 15 is 0 Å². The van der Waals surface area contributed by atoms with E-state index in [0.29, 0.717) is 0 Å². The number of imidazole rings is 1. The summed E-state index contributed by atoms with van der Waals surface area (Å²) in [5, 5.41) is 3.67. The fourth-order valence-corrected chi connectivity index (χ4v) is 3.09. The van der Waals surface area contributed by atoms with Gasteiger partial charge in [0.15, 0.2) is 0 Å². The van der Waals surface area contributed by atoms with Crippen LogP contribution in [0.3, 0.4) is 0 Å². The molecule has 2 aromatic heterocycles. The fraction of sp³-hybridized carbons (Fsp3) is 0.562. The molecule has 0 saturated heterocycles. The van der Waals surface area contributed by atoms with Gasteiger partial charge >= 0.3 is 0 Å². The van der Waals surface area contributed by atoms with E-state index in [4.69, 9.17) is 4.42 Å². The Morgan fingerprint density at radius 2 is 2.29 bits per heavy atom. The summed E-state index contributed by atoms with van der Waals surface area (Å²) in [6, 6.07) is 3.94. The van der Waals surface area contributed by atoms with Crippen molar-refractivity contribution in [2.75, 3.05) is 20.6 Å². The summed E-state index contributed by atoms with van der Waals surface area (Å²) in [7, 11) is 6.36. The average Bonchev–Trinajstić information content (AvgIpc) is 3.04. The summed E-state index contributed by atoms with van der Waals surface area (Å²) >= 11 is 0. The van der Waals surface area contributed by atoms with Crippen LogP contribution >= 0.6 is 0 Å². The molecule has 1 saturated carbocycles. The molecule has 21 heavy (non-hydrogen) atoms. The lowest BCUT2D eigenvalue weighted by Crippen LogP contribution is -2.56. The molecule has 1 aliphatic rings. The van der Waals surface area contributed by atoms with Crippen molar-refractivity contribution in [1.29, 1.82) is 0 Å². The third-order valence-electron chi connectivity index (χ3n) is 4.81. The third kappa shape index (κ3) is 2.63. The highest BCUT2D eigenvalue weighted by Crippen LogP contribution is 2.36. The van der Waals surface area contributed by atoms with Crippen molar-refractivity contribution in [3.8, 4) is 0 Å². The van der Waals surface area contributed by atoms with E-state index in [0.717, 1.165) is 18.1 Å². The van der Waals surface area contributed by atoms with E-state index in [-0.39, 0.29) is 11.6 Å². The van der Waals surface area contributed by atoms with E-state index in [1.807, 2.05) is 36.1 Å². The minimum absolute atomic E-state index is 0.00238. The maximum absolute atomic E-state index is 5.62. The Morgan fingerprint density at radius 3 is 2.76 bits per heavy atom. The van der Waals surface area contributed by atoms with E-state index in [1.54, 1.807) is 6.26 Å². The highest BCUT2D eigenvalue weighted by Gasteiger charge is 2.39. The van der Waals surface area contributed by atoms with Crippen LogP contribution in [0.2, 0.25) is 0 Å². The van der Waals surface area contributed by atoms with Crippen molar-refractivity contribution >= 4 is 0 Å². The molecule has 0 spiro atoms. The van der Waals surface area contributed by atoms with Gasteiger partial charge in [-0.05, 0) is 45.5 Å². The predicted molar refractivity (Wildman–Crippen MR) is 82.0 cm³/mol. The zero-order valence-corrected chi connectivity index (χ0v) is 13.0. The fourth-order valence-electron chi connectivity index (χ4n) is 3.09. The van der Waals surface area contributed by atoms with Gasteiger partial charge in [-0.25, -0.2) is 4.98 Å². The van der Waals surface area contributed by atoms with Crippen LogP contribution in [-0.4, -0.2) is 40.6 Å². The van der Waals surface area contributed by atoms with E-state index < -0.39 is 0 Å². The first kappa shape index (κ1) is 14.4. The molecule has 0 aromatic carbocycles. The molecule has 0 amide bonds. The van der Waals surface area contributed by atoms with E-state index in [2.05, 4.69) is 29.3 Å². The molecule has 3 rings (SSSR count). The van der Waals surface area contributed by atoms with Crippen LogP contribution in [0, 0.1) is 0 Å². The molecule has 1 atom stereocenters. The molecule has 1 unspecified atom stereocenters. The van der Waals surface area contributed by atoms with Gasteiger partial charge in [0.1, 0.15) is 17.6 Å². The van der Waals surface area contributed by atoms with Crippen LogP contribution in [0.1, 0.15) is 36.9 Å². The van der Waals surface area contributed by atoms with Gasteiger partial charge in [0.2, 0.25) is 0 Å².